The first-order chi connectivity index (χ1) is 12.6. The van der Waals surface area contributed by atoms with Gasteiger partial charge in [0.25, 0.3) is 0 Å². The molecule has 2 atom stereocenters. The van der Waals surface area contributed by atoms with Crippen LogP contribution in [-0.4, -0.2) is 48.5 Å². The number of H-pyrrole nitrogens is 1. The molecule has 0 spiro atoms. The first-order valence-electron chi connectivity index (χ1n) is 9.01. The van der Waals surface area contributed by atoms with Crippen LogP contribution in [0.2, 0.25) is 0 Å². The van der Waals surface area contributed by atoms with Crippen LogP contribution in [0.1, 0.15) is 37.9 Å². The first kappa shape index (κ1) is 15.3. The molecule has 3 aromatic rings. The lowest BCUT2D eigenvalue weighted by Crippen LogP contribution is -2.45. The lowest BCUT2D eigenvalue weighted by atomic mass is 9.85. The minimum absolute atomic E-state index is 0.0146. The molecular weight excluding hydrogens is 330 g/mol. The van der Waals surface area contributed by atoms with Crippen LogP contribution in [0.25, 0.3) is 16.8 Å². The summed E-state index contributed by atoms with van der Waals surface area (Å²) < 4.78 is 2.03. The molecule has 1 aliphatic carbocycles. The molecule has 8 heteroatoms. The number of fused-ring (bicyclic) bond motifs is 3. The van der Waals surface area contributed by atoms with E-state index < -0.39 is 5.41 Å². The number of aromatic nitrogens is 5. The van der Waals surface area contributed by atoms with Gasteiger partial charge >= 0.3 is 0 Å². The Hall–Kier alpha value is -2.95. The van der Waals surface area contributed by atoms with Crippen molar-refractivity contribution < 1.29 is 4.79 Å². The van der Waals surface area contributed by atoms with Crippen LogP contribution in [0, 0.1) is 22.7 Å². The van der Waals surface area contributed by atoms with Crippen LogP contribution >= 0.6 is 0 Å². The van der Waals surface area contributed by atoms with Gasteiger partial charge < -0.3 is 9.88 Å². The molecule has 1 saturated heterocycles. The van der Waals surface area contributed by atoms with Crippen LogP contribution in [0.5, 0.6) is 0 Å². The number of nitrogens with zero attached hydrogens (tertiary/aromatic N) is 6. The number of amides is 1. The molecular formula is C18H19N7O. The summed E-state index contributed by atoms with van der Waals surface area (Å²) in [5.41, 5.74) is 1.67. The standard InChI is InChI=1S/C18H19N7O/c1-11-3-7-24(17(26)18(10-19)4-5-18)9-12(11)16-23-22-14-8-21-15-13(25(14)16)2-6-20-15/h2,6,8,11-12,20H,3-5,7,9H2,1H3/t11-,12-/m0/s1. The number of rotatable bonds is 2. The Labute approximate surface area is 149 Å². The maximum Gasteiger partial charge on any atom is 0.243 e. The highest BCUT2D eigenvalue weighted by atomic mass is 16.2. The van der Waals surface area contributed by atoms with Gasteiger partial charge in [0.1, 0.15) is 11.2 Å². The topological polar surface area (TPSA) is 103 Å². The summed E-state index contributed by atoms with van der Waals surface area (Å²) in [5.74, 6) is 1.31. The quantitative estimate of drug-likeness (QED) is 0.760. The highest BCUT2D eigenvalue weighted by Gasteiger charge is 2.53. The predicted molar refractivity (Wildman–Crippen MR) is 93.0 cm³/mol. The number of hydrogen-bond donors (Lipinski definition) is 1. The molecule has 2 aliphatic rings. The molecule has 0 unspecified atom stereocenters. The third-order valence-electron chi connectivity index (χ3n) is 5.92. The van der Waals surface area contributed by atoms with Gasteiger partial charge in [0.05, 0.1) is 17.8 Å². The van der Waals surface area contributed by atoms with Gasteiger partial charge in [0.15, 0.2) is 11.3 Å². The van der Waals surface area contributed by atoms with E-state index in [1.807, 2.05) is 21.6 Å². The van der Waals surface area contributed by atoms with Gasteiger partial charge in [-0.25, -0.2) is 4.98 Å². The zero-order valence-electron chi connectivity index (χ0n) is 14.5. The summed E-state index contributed by atoms with van der Waals surface area (Å²) in [5, 5.41) is 18.1. The van der Waals surface area contributed by atoms with Gasteiger partial charge in [0.2, 0.25) is 5.91 Å². The van der Waals surface area contributed by atoms with Gasteiger partial charge in [-0.2, -0.15) is 5.26 Å². The molecule has 4 heterocycles. The number of piperidine rings is 1. The zero-order chi connectivity index (χ0) is 17.9. The molecule has 1 aliphatic heterocycles. The molecule has 0 bridgehead atoms. The van der Waals surface area contributed by atoms with E-state index in [2.05, 4.69) is 33.2 Å². The molecule has 5 rings (SSSR count). The molecule has 1 amide bonds. The van der Waals surface area contributed by atoms with Crippen molar-refractivity contribution in [3.05, 3.63) is 24.3 Å². The average molecular weight is 349 g/mol. The summed E-state index contributed by atoms with van der Waals surface area (Å²) in [6.07, 6.45) is 5.82. The molecule has 2 fully saturated rings. The number of hydrogen-bond acceptors (Lipinski definition) is 5. The van der Waals surface area contributed by atoms with E-state index >= 15 is 0 Å². The van der Waals surface area contributed by atoms with Crippen molar-refractivity contribution in [1.29, 1.82) is 5.26 Å². The Balaban J connectivity index is 1.54. The van der Waals surface area contributed by atoms with Gasteiger partial charge in [-0.1, -0.05) is 6.92 Å². The van der Waals surface area contributed by atoms with E-state index in [0.717, 1.165) is 23.4 Å². The normalized spacial score (nSPS) is 24.7. The van der Waals surface area contributed by atoms with Crippen molar-refractivity contribution in [2.24, 2.45) is 11.3 Å². The van der Waals surface area contributed by atoms with Crippen LogP contribution < -0.4 is 0 Å². The smallest absolute Gasteiger partial charge is 0.243 e. The SMILES string of the molecule is C[C@H]1CCN(C(=O)C2(C#N)CC2)C[C@@H]1c1nnc2cnc3[nH]ccc3n12. The lowest BCUT2D eigenvalue weighted by Gasteiger charge is -2.37. The number of carbonyl (C=O) groups is 1. The maximum absolute atomic E-state index is 12.8. The Bertz CT molecular complexity index is 1050. The molecule has 132 valence electrons. The monoisotopic (exact) mass is 349 g/mol. The first-order valence-corrected chi connectivity index (χ1v) is 9.01. The number of carbonyl (C=O) groups excluding carboxylic acids is 1. The van der Waals surface area contributed by atoms with Gasteiger partial charge in [0, 0.05) is 25.2 Å². The second kappa shape index (κ2) is 5.27. The molecule has 8 nitrogen and oxygen atoms in total. The van der Waals surface area contributed by atoms with E-state index in [4.69, 9.17) is 0 Å². The van der Waals surface area contributed by atoms with Crippen molar-refractivity contribution in [1.82, 2.24) is 29.5 Å². The van der Waals surface area contributed by atoms with Crippen LogP contribution in [0.3, 0.4) is 0 Å². The third kappa shape index (κ3) is 2.06. The number of likely N-dealkylation sites (tertiary alicyclic amines) is 1. The fourth-order valence-electron chi connectivity index (χ4n) is 4.03. The van der Waals surface area contributed by atoms with E-state index in [1.165, 1.54) is 0 Å². The van der Waals surface area contributed by atoms with Crippen LogP contribution in [0.4, 0.5) is 0 Å². The van der Waals surface area contributed by atoms with Crippen LogP contribution in [0.15, 0.2) is 18.5 Å². The van der Waals surface area contributed by atoms with Crippen molar-refractivity contribution in [2.75, 3.05) is 13.1 Å². The molecule has 26 heavy (non-hydrogen) atoms. The second-order valence-electron chi connectivity index (χ2n) is 7.54. The highest BCUT2D eigenvalue weighted by molar-refractivity contribution is 5.88. The minimum atomic E-state index is -0.768. The summed E-state index contributed by atoms with van der Waals surface area (Å²) in [6, 6.07) is 4.19. The largest absolute Gasteiger partial charge is 0.345 e. The van der Waals surface area contributed by atoms with Gasteiger partial charge in [-0.05, 0) is 31.2 Å². The maximum atomic E-state index is 12.8. The number of aromatic amines is 1. The van der Waals surface area contributed by atoms with E-state index in [1.54, 1.807) is 6.20 Å². The molecule has 1 N–H and O–H groups in total. The molecule has 0 radical (unpaired) electrons. The third-order valence-corrected chi connectivity index (χ3v) is 5.92. The number of nitrogens with one attached hydrogen (secondary N) is 1. The van der Waals surface area contributed by atoms with Crippen LogP contribution in [-0.2, 0) is 4.79 Å². The van der Waals surface area contributed by atoms with Crippen molar-refractivity contribution in [3.8, 4) is 6.07 Å². The molecule has 1 saturated carbocycles. The van der Waals surface area contributed by atoms with Crippen molar-refractivity contribution >= 4 is 22.7 Å². The van der Waals surface area contributed by atoms with Crippen molar-refractivity contribution in [3.63, 3.8) is 0 Å². The summed E-state index contributed by atoms with van der Waals surface area (Å²) in [6.45, 7) is 3.48. The predicted octanol–water partition coefficient (Wildman–Crippen LogP) is 1.86. The Morgan fingerprint density at radius 3 is 3.04 bits per heavy atom. The summed E-state index contributed by atoms with van der Waals surface area (Å²) >= 11 is 0. The highest BCUT2D eigenvalue weighted by Crippen LogP contribution is 2.47. The fourth-order valence-corrected chi connectivity index (χ4v) is 4.03. The van der Waals surface area contributed by atoms with Crippen molar-refractivity contribution in [2.45, 2.75) is 32.1 Å². The summed E-state index contributed by atoms with van der Waals surface area (Å²) in [4.78, 5) is 22.2. The summed E-state index contributed by atoms with van der Waals surface area (Å²) in [7, 11) is 0. The van der Waals surface area contributed by atoms with E-state index in [-0.39, 0.29) is 11.8 Å². The van der Waals surface area contributed by atoms with Gasteiger partial charge in [-0.15, -0.1) is 10.2 Å². The Morgan fingerprint density at radius 2 is 2.27 bits per heavy atom. The Kier molecular flexibility index (Phi) is 3.11. The average Bonchev–Trinajstić information content (AvgIpc) is 3.11. The second-order valence-corrected chi connectivity index (χ2v) is 7.54. The van der Waals surface area contributed by atoms with Gasteiger partial charge in [-0.3, -0.25) is 9.20 Å². The van der Waals surface area contributed by atoms with E-state index in [9.17, 15) is 10.1 Å². The number of nitriles is 1. The Morgan fingerprint density at radius 1 is 1.42 bits per heavy atom. The van der Waals surface area contributed by atoms with E-state index in [0.29, 0.717) is 37.5 Å². The zero-order valence-corrected chi connectivity index (χ0v) is 14.5. The lowest BCUT2D eigenvalue weighted by molar-refractivity contribution is -0.136. The molecule has 0 aromatic carbocycles. The molecule has 3 aromatic heterocycles. The fraction of sp³-hybridized carbons (Fsp3) is 0.500. The minimum Gasteiger partial charge on any atom is -0.345 e.